The molecule has 4 heterocycles. The molecule has 1 aromatic heterocycles. The molecule has 3 amide bonds. The summed E-state index contributed by atoms with van der Waals surface area (Å²) in [7, 11) is 0. The summed E-state index contributed by atoms with van der Waals surface area (Å²) in [5.41, 5.74) is 2.64. The standard InChI is InChI=1S/C27H29ClN4O4/c28-21-12-29-10-9-19(21)17-13-31(14-17)22-3-1-2-4-24(22)36-18-5-6-20-16(11-18)15-32(27(20)35)23-7-8-25(33)30-26(23)34/h5-6,9-12,17,22-24H,1-4,7-8,13-15H2,(H,30,33,34)/t22?,23?,24-/m1/s1. The number of carbonyl (C=O) groups excluding carboxylic acids is 3. The summed E-state index contributed by atoms with van der Waals surface area (Å²) in [6.07, 6.45) is 8.66. The van der Waals surface area contributed by atoms with Crippen LogP contribution in [-0.2, 0) is 16.1 Å². The molecule has 1 aliphatic carbocycles. The molecule has 8 nitrogen and oxygen atoms in total. The lowest BCUT2D eigenvalue weighted by Gasteiger charge is -2.48. The molecular weight excluding hydrogens is 480 g/mol. The van der Waals surface area contributed by atoms with Crippen molar-refractivity contribution >= 4 is 29.3 Å². The minimum absolute atomic E-state index is 0.0917. The minimum atomic E-state index is -0.608. The van der Waals surface area contributed by atoms with Gasteiger partial charge in [0.15, 0.2) is 0 Å². The fraction of sp³-hybridized carbons (Fsp3) is 0.481. The average Bonchev–Trinajstić information content (AvgIpc) is 3.16. The second-order valence-electron chi connectivity index (χ2n) is 10.3. The smallest absolute Gasteiger partial charge is 0.255 e. The van der Waals surface area contributed by atoms with Gasteiger partial charge >= 0.3 is 0 Å². The number of ether oxygens (including phenoxy) is 1. The van der Waals surface area contributed by atoms with Crippen LogP contribution in [0.5, 0.6) is 5.75 Å². The fourth-order valence-electron chi connectivity index (χ4n) is 6.13. The van der Waals surface area contributed by atoms with Crippen molar-refractivity contribution < 1.29 is 19.1 Å². The number of fused-ring (bicyclic) bond motifs is 1. The first-order chi connectivity index (χ1) is 17.5. The van der Waals surface area contributed by atoms with E-state index < -0.39 is 11.9 Å². The van der Waals surface area contributed by atoms with E-state index in [1.165, 1.54) is 12.0 Å². The van der Waals surface area contributed by atoms with Crippen molar-refractivity contribution in [3.8, 4) is 5.75 Å². The van der Waals surface area contributed by atoms with Crippen molar-refractivity contribution in [2.75, 3.05) is 13.1 Å². The number of hydrogen-bond donors (Lipinski definition) is 1. The normalized spacial score (nSPS) is 27.0. The predicted octanol–water partition coefficient (Wildman–Crippen LogP) is 3.29. The highest BCUT2D eigenvalue weighted by atomic mass is 35.5. The number of rotatable bonds is 5. The Kier molecular flexibility index (Phi) is 6.17. The van der Waals surface area contributed by atoms with Gasteiger partial charge in [-0.3, -0.25) is 29.6 Å². The van der Waals surface area contributed by atoms with Gasteiger partial charge in [-0.15, -0.1) is 0 Å². The van der Waals surface area contributed by atoms with Gasteiger partial charge in [-0.1, -0.05) is 18.0 Å². The Bertz CT molecular complexity index is 1210. The summed E-state index contributed by atoms with van der Waals surface area (Å²) in [6.45, 7) is 2.29. The number of aromatic nitrogens is 1. The Morgan fingerprint density at radius 3 is 2.69 bits per heavy atom. The number of amides is 3. The molecule has 4 aliphatic rings. The van der Waals surface area contributed by atoms with E-state index in [-0.39, 0.29) is 24.3 Å². The molecule has 1 N–H and O–H groups in total. The number of carbonyl (C=O) groups is 3. The fourth-order valence-corrected chi connectivity index (χ4v) is 6.40. The Morgan fingerprint density at radius 1 is 1.06 bits per heavy atom. The van der Waals surface area contributed by atoms with Crippen LogP contribution in [0.15, 0.2) is 36.7 Å². The number of hydrogen-bond acceptors (Lipinski definition) is 6. The number of likely N-dealkylation sites (tertiary alicyclic amines) is 1. The summed E-state index contributed by atoms with van der Waals surface area (Å²) >= 11 is 6.36. The zero-order valence-electron chi connectivity index (χ0n) is 20.0. The second-order valence-corrected chi connectivity index (χ2v) is 10.7. The molecule has 3 aliphatic heterocycles. The van der Waals surface area contributed by atoms with Crippen LogP contribution in [0.25, 0.3) is 0 Å². The highest BCUT2D eigenvalue weighted by Crippen LogP contribution is 2.38. The third-order valence-corrected chi connectivity index (χ3v) is 8.39. The Morgan fingerprint density at radius 2 is 1.89 bits per heavy atom. The predicted molar refractivity (Wildman–Crippen MR) is 133 cm³/mol. The van der Waals surface area contributed by atoms with Crippen LogP contribution in [0.2, 0.25) is 5.02 Å². The Balaban J connectivity index is 1.12. The first-order valence-electron chi connectivity index (χ1n) is 12.8. The van der Waals surface area contributed by atoms with Gasteiger partial charge < -0.3 is 9.64 Å². The molecule has 188 valence electrons. The van der Waals surface area contributed by atoms with Gasteiger partial charge in [0.25, 0.3) is 5.91 Å². The molecular formula is C27H29ClN4O4. The highest BCUT2D eigenvalue weighted by Gasteiger charge is 2.41. The van der Waals surface area contributed by atoms with Crippen molar-refractivity contribution in [2.24, 2.45) is 0 Å². The summed E-state index contributed by atoms with van der Waals surface area (Å²) in [6, 6.07) is 7.38. The maximum Gasteiger partial charge on any atom is 0.255 e. The first kappa shape index (κ1) is 23.4. The van der Waals surface area contributed by atoms with Crippen LogP contribution in [-0.4, -0.2) is 63.8 Å². The first-order valence-corrected chi connectivity index (χ1v) is 13.1. The van der Waals surface area contributed by atoms with Crippen molar-refractivity contribution in [3.63, 3.8) is 0 Å². The van der Waals surface area contributed by atoms with E-state index in [2.05, 4.69) is 15.2 Å². The molecule has 2 saturated heterocycles. The minimum Gasteiger partial charge on any atom is -0.489 e. The van der Waals surface area contributed by atoms with Crippen molar-refractivity contribution in [1.82, 2.24) is 20.1 Å². The molecule has 2 aromatic rings. The van der Waals surface area contributed by atoms with E-state index in [0.717, 1.165) is 48.7 Å². The summed E-state index contributed by atoms with van der Waals surface area (Å²) < 4.78 is 6.53. The van der Waals surface area contributed by atoms with Gasteiger partial charge in [0.1, 0.15) is 17.9 Å². The molecule has 0 bridgehead atoms. The average molecular weight is 509 g/mol. The molecule has 6 rings (SSSR count). The van der Waals surface area contributed by atoms with E-state index in [0.29, 0.717) is 30.5 Å². The van der Waals surface area contributed by atoms with E-state index in [1.54, 1.807) is 17.3 Å². The van der Waals surface area contributed by atoms with Crippen LogP contribution >= 0.6 is 11.6 Å². The third kappa shape index (κ3) is 4.26. The van der Waals surface area contributed by atoms with Crippen molar-refractivity contribution in [3.05, 3.63) is 58.4 Å². The maximum atomic E-state index is 13.0. The molecule has 3 fully saturated rings. The van der Waals surface area contributed by atoms with Crippen LogP contribution in [0, 0.1) is 0 Å². The number of nitrogens with zero attached hydrogens (tertiary/aromatic N) is 3. The topological polar surface area (TPSA) is 91.8 Å². The molecule has 0 radical (unpaired) electrons. The third-order valence-electron chi connectivity index (χ3n) is 8.07. The summed E-state index contributed by atoms with van der Waals surface area (Å²) in [5, 5.41) is 3.08. The van der Waals surface area contributed by atoms with Crippen LogP contribution in [0.1, 0.15) is 65.9 Å². The largest absolute Gasteiger partial charge is 0.489 e. The summed E-state index contributed by atoms with van der Waals surface area (Å²) in [5.74, 6) is 0.346. The molecule has 36 heavy (non-hydrogen) atoms. The maximum absolute atomic E-state index is 13.0. The quantitative estimate of drug-likeness (QED) is 0.623. The molecule has 1 saturated carbocycles. The zero-order chi connectivity index (χ0) is 24.8. The van der Waals surface area contributed by atoms with Gasteiger partial charge in [-0.2, -0.15) is 0 Å². The van der Waals surface area contributed by atoms with Crippen molar-refractivity contribution in [2.45, 2.75) is 69.2 Å². The van der Waals surface area contributed by atoms with Gasteiger partial charge in [0, 0.05) is 56.0 Å². The van der Waals surface area contributed by atoms with E-state index in [4.69, 9.17) is 16.3 Å². The number of piperidine rings is 1. The van der Waals surface area contributed by atoms with Crippen LogP contribution in [0.4, 0.5) is 0 Å². The van der Waals surface area contributed by atoms with E-state index in [9.17, 15) is 14.4 Å². The molecule has 3 atom stereocenters. The van der Waals surface area contributed by atoms with Crippen molar-refractivity contribution in [1.29, 1.82) is 0 Å². The monoisotopic (exact) mass is 508 g/mol. The lowest BCUT2D eigenvalue weighted by molar-refractivity contribution is -0.136. The molecule has 9 heteroatoms. The highest BCUT2D eigenvalue weighted by molar-refractivity contribution is 6.31. The molecule has 0 spiro atoms. The summed E-state index contributed by atoms with van der Waals surface area (Å²) in [4.78, 5) is 45.0. The zero-order valence-corrected chi connectivity index (χ0v) is 20.7. The number of benzene rings is 1. The number of halogens is 1. The lowest BCUT2D eigenvalue weighted by Crippen LogP contribution is -2.57. The van der Waals surface area contributed by atoms with E-state index in [1.807, 2.05) is 24.3 Å². The van der Waals surface area contributed by atoms with Gasteiger partial charge in [0.05, 0.1) is 5.02 Å². The van der Waals surface area contributed by atoms with E-state index >= 15 is 0 Å². The van der Waals surface area contributed by atoms with Gasteiger partial charge in [0.2, 0.25) is 11.8 Å². The molecule has 1 aromatic carbocycles. The lowest BCUT2D eigenvalue weighted by atomic mass is 9.84. The number of nitrogens with one attached hydrogen (secondary N) is 1. The number of pyridine rings is 1. The van der Waals surface area contributed by atoms with Crippen LogP contribution in [0.3, 0.4) is 0 Å². The van der Waals surface area contributed by atoms with Gasteiger partial charge in [-0.05, 0) is 61.1 Å². The van der Waals surface area contributed by atoms with Crippen LogP contribution < -0.4 is 10.1 Å². The SMILES string of the molecule is O=C1CCC(N2Cc3cc(O[C@@H]4CCCCC4N4CC(c5ccncc5Cl)C4)ccc3C2=O)C(=O)N1. The molecule has 2 unspecified atom stereocenters. The Labute approximate surface area is 214 Å². The Hall–Kier alpha value is -2.97. The second kappa shape index (κ2) is 9.48. The van der Waals surface area contributed by atoms with Gasteiger partial charge in [-0.25, -0.2) is 0 Å². The number of imide groups is 1.